The van der Waals surface area contributed by atoms with Crippen LogP contribution in [0.15, 0.2) is 54.9 Å². The van der Waals surface area contributed by atoms with E-state index in [1.807, 2.05) is 12.1 Å². The number of aromatic nitrogens is 1. The van der Waals surface area contributed by atoms with E-state index in [1.54, 1.807) is 42.7 Å². The molecule has 0 saturated carbocycles. The van der Waals surface area contributed by atoms with Crippen LogP contribution in [0.2, 0.25) is 0 Å². The monoisotopic (exact) mass is 229 g/mol. The molecule has 0 radical (unpaired) electrons. The van der Waals surface area contributed by atoms with Gasteiger partial charge in [0.1, 0.15) is 12.4 Å². The van der Waals surface area contributed by atoms with Crippen LogP contribution in [-0.2, 0) is 11.3 Å². The first-order valence-corrected chi connectivity index (χ1v) is 5.13. The summed E-state index contributed by atoms with van der Waals surface area (Å²) in [6, 6.07) is 12.4. The lowest BCUT2D eigenvalue weighted by Crippen LogP contribution is -2.10. The Morgan fingerprint density at radius 1 is 1.12 bits per heavy atom. The molecule has 1 aromatic heterocycles. The van der Waals surface area contributed by atoms with Crippen molar-refractivity contribution in [3.8, 4) is 5.75 Å². The molecule has 4 nitrogen and oxygen atoms in total. The summed E-state index contributed by atoms with van der Waals surface area (Å²) in [7, 11) is 0. The summed E-state index contributed by atoms with van der Waals surface area (Å²) >= 11 is 0. The standard InChI is InChI=1S/C13H11NO3/c15-13(17-12-6-2-1-3-7-12)16-10-11-5-4-8-14-9-11/h1-9H,10H2. The number of benzene rings is 1. The average Bonchev–Trinajstić information content (AvgIpc) is 2.39. The molecule has 86 valence electrons. The SMILES string of the molecule is O=C(OCc1cccnc1)Oc1ccccc1. The van der Waals surface area contributed by atoms with E-state index in [4.69, 9.17) is 9.47 Å². The number of pyridine rings is 1. The predicted molar refractivity (Wildman–Crippen MR) is 61.5 cm³/mol. The average molecular weight is 229 g/mol. The molecule has 0 amide bonds. The van der Waals surface area contributed by atoms with Crippen molar-refractivity contribution in [3.63, 3.8) is 0 Å². The van der Waals surface area contributed by atoms with E-state index in [-0.39, 0.29) is 6.61 Å². The molecule has 0 bridgehead atoms. The van der Waals surface area contributed by atoms with E-state index in [2.05, 4.69) is 4.98 Å². The van der Waals surface area contributed by atoms with Gasteiger partial charge in [-0.2, -0.15) is 0 Å². The fraction of sp³-hybridized carbons (Fsp3) is 0.0769. The van der Waals surface area contributed by atoms with Crippen molar-refractivity contribution in [2.45, 2.75) is 6.61 Å². The van der Waals surface area contributed by atoms with Gasteiger partial charge in [0, 0.05) is 18.0 Å². The molecule has 0 atom stereocenters. The lowest BCUT2D eigenvalue weighted by Gasteiger charge is -2.05. The smallest absolute Gasteiger partial charge is 0.429 e. The number of carbonyl (C=O) groups is 1. The topological polar surface area (TPSA) is 48.4 Å². The molecule has 0 spiro atoms. The normalized spacial score (nSPS) is 9.65. The predicted octanol–water partition coefficient (Wildman–Crippen LogP) is 2.80. The number of para-hydroxylation sites is 1. The molecule has 1 aromatic carbocycles. The molecular weight excluding hydrogens is 218 g/mol. The van der Waals surface area contributed by atoms with E-state index in [0.717, 1.165) is 5.56 Å². The van der Waals surface area contributed by atoms with Crippen LogP contribution in [0.4, 0.5) is 4.79 Å². The molecule has 0 aliphatic rings. The third-order valence-corrected chi connectivity index (χ3v) is 2.02. The minimum Gasteiger partial charge on any atom is -0.429 e. The van der Waals surface area contributed by atoms with Gasteiger partial charge >= 0.3 is 6.16 Å². The number of rotatable bonds is 3. The molecule has 17 heavy (non-hydrogen) atoms. The van der Waals surface area contributed by atoms with Crippen molar-refractivity contribution in [1.82, 2.24) is 4.98 Å². The molecule has 0 fully saturated rings. The summed E-state index contributed by atoms with van der Waals surface area (Å²) in [5, 5.41) is 0. The number of hydrogen-bond acceptors (Lipinski definition) is 4. The van der Waals surface area contributed by atoms with Gasteiger partial charge in [-0.25, -0.2) is 4.79 Å². The van der Waals surface area contributed by atoms with Crippen LogP contribution in [-0.4, -0.2) is 11.1 Å². The summed E-state index contributed by atoms with van der Waals surface area (Å²) in [4.78, 5) is 15.2. The van der Waals surface area contributed by atoms with Crippen LogP contribution >= 0.6 is 0 Å². The fourth-order valence-electron chi connectivity index (χ4n) is 1.24. The van der Waals surface area contributed by atoms with Gasteiger partial charge in [0.2, 0.25) is 0 Å². The van der Waals surface area contributed by atoms with Crippen molar-refractivity contribution in [3.05, 3.63) is 60.4 Å². The molecule has 2 aromatic rings. The van der Waals surface area contributed by atoms with Gasteiger partial charge in [-0.1, -0.05) is 24.3 Å². The van der Waals surface area contributed by atoms with E-state index in [1.165, 1.54) is 0 Å². The number of nitrogens with zero attached hydrogens (tertiary/aromatic N) is 1. The minimum absolute atomic E-state index is 0.152. The quantitative estimate of drug-likeness (QED) is 0.599. The minimum atomic E-state index is -0.722. The van der Waals surface area contributed by atoms with Crippen LogP contribution in [0.5, 0.6) is 5.75 Å². The van der Waals surface area contributed by atoms with E-state index in [0.29, 0.717) is 5.75 Å². The number of carbonyl (C=O) groups excluding carboxylic acids is 1. The zero-order valence-electron chi connectivity index (χ0n) is 9.08. The maximum Gasteiger partial charge on any atom is 0.514 e. The highest BCUT2D eigenvalue weighted by Gasteiger charge is 2.05. The summed E-state index contributed by atoms with van der Waals surface area (Å²) in [5.74, 6) is 0.462. The molecule has 0 aliphatic carbocycles. The Morgan fingerprint density at radius 2 is 1.94 bits per heavy atom. The second-order valence-electron chi connectivity index (χ2n) is 3.32. The maximum absolute atomic E-state index is 11.3. The summed E-state index contributed by atoms with van der Waals surface area (Å²) in [6.07, 6.45) is 2.57. The summed E-state index contributed by atoms with van der Waals surface area (Å²) < 4.78 is 9.89. The van der Waals surface area contributed by atoms with Crippen LogP contribution < -0.4 is 4.74 Å². The van der Waals surface area contributed by atoms with E-state index in [9.17, 15) is 4.79 Å². The second-order valence-corrected chi connectivity index (χ2v) is 3.32. The van der Waals surface area contributed by atoms with Gasteiger partial charge in [-0.05, 0) is 18.2 Å². The Labute approximate surface area is 98.8 Å². The van der Waals surface area contributed by atoms with Crippen molar-refractivity contribution in [2.75, 3.05) is 0 Å². The highest BCUT2D eigenvalue weighted by atomic mass is 16.7. The first kappa shape index (κ1) is 11.1. The molecule has 0 N–H and O–H groups in total. The molecule has 4 heteroatoms. The lowest BCUT2D eigenvalue weighted by atomic mass is 10.3. The molecule has 1 heterocycles. The van der Waals surface area contributed by atoms with Crippen molar-refractivity contribution in [2.24, 2.45) is 0 Å². The van der Waals surface area contributed by atoms with Gasteiger partial charge in [0.15, 0.2) is 0 Å². The molecule has 0 aliphatic heterocycles. The van der Waals surface area contributed by atoms with E-state index < -0.39 is 6.16 Å². The Morgan fingerprint density at radius 3 is 2.65 bits per heavy atom. The Bertz CT molecular complexity index is 471. The lowest BCUT2D eigenvalue weighted by molar-refractivity contribution is 0.0927. The summed E-state index contributed by atoms with van der Waals surface area (Å²) in [6.45, 7) is 0.152. The zero-order chi connectivity index (χ0) is 11.9. The first-order valence-electron chi connectivity index (χ1n) is 5.13. The Hall–Kier alpha value is -2.36. The van der Waals surface area contributed by atoms with Crippen LogP contribution in [0.1, 0.15) is 5.56 Å². The van der Waals surface area contributed by atoms with Crippen LogP contribution in [0.25, 0.3) is 0 Å². The largest absolute Gasteiger partial charge is 0.514 e. The van der Waals surface area contributed by atoms with Gasteiger partial charge in [-0.3, -0.25) is 4.98 Å². The molecule has 0 saturated heterocycles. The third-order valence-electron chi connectivity index (χ3n) is 2.02. The van der Waals surface area contributed by atoms with E-state index >= 15 is 0 Å². The molecular formula is C13H11NO3. The van der Waals surface area contributed by atoms with Crippen molar-refractivity contribution < 1.29 is 14.3 Å². The molecule has 2 rings (SSSR count). The number of ether oxygens (including phenoxy) is 2. The molecule has 0 unspecified atom stereocenters. The van der Waals surface area contributed by atoms with Gasteiger partial charge < -0.3 is 9.47 Å². The zero-order valence-corrected chi connectivity index (χ0v) is 9.08. The van der Waals surface area contributed by atoms with Crippen LogP contribution in [0.3, 0.4) is 0 Å². The highest BCUT2D eigenvalue weighted by molar-refractivity contribution is 5.63. The first-order chi connectivity index (χ1) is 8.34. The third kappa shape index (κ3) is 3.61. The van der Waals surface area contributed by atoms with Crippen molar-refractivity contribution in [1.29, 1.82) is 0 Å². The van der Waals surface area contributed by atoms with Crippen LogP contribution in [0, 0.1) is 0 Å². The fourth-order valence-corrected chi connectivity index (χ4v) is 1.24. The summed E-state index contributed by atoms with van der Waals surface area (Å²) in [5.41, 5.74) is 0.817. The maximum atomic E-state index is 11.3. The Balaban J connectivity index is 1.83. The Kier molecular flexibility index (Phi) is 3.70. The van der Waals surface area contributed by atoms with Gasteiger partial charge in [-0.15, -0.1) is 0 Å². The highest BCUT2D eigenvalue weighted by Crippen LogP contribution is 2.09. The van der Waals surface area contributed by atoms with Crippen molar-refractivity contribution >= 4 is 6.16 Å². The number of hydrogen-bond donors (Lipinski definition) is 0. The van der Waals surface area contributed by atoms with Gasteiger partial charge in [0.25, 0.3) is 0 Å². The van der Waals surface area contributed by atoms with Gasteiger partial charge in [0.05, 0.1) is 0 Å². The second kappa shape index (κ2) is 5.65.